The average molecular weight is 227 g/mol. The van der Waals surface area contributed by atoms with Crippen molar-refractivity contribution in [1.29, 1.82) is 0 Å². The van der Waals surface area contributed by atoms with Crippen molar-refractivity contribution in [3.63, 3.8) is 0 Å². The van der Waals surface area contributed by atoms with Gasteiger partial charge in [-0.15, -0.1) is 11.6 Å². The normalized spacial score (nSPS) is 9.80. The summed E-state index contributed by atoms with van der Waals surface area (Å²) in [5, 5.41) is 0. The van der Waals surface area contributed by atoms with Crippen molar-refractivity contribution >= 4 is 23.4 Å². The summed E-state index contributed by atoms with van der Waals surface area (Å²) in [6.45, 7) is 2.79. The number of halogens is 1. The lowest BCUT2D eigenvalue weighted by atomic mass is 10.1. The summed E-state index contributed by atoms with van der Waals surface area (Å²) in [7, 11) is 0. The topological polar surface area (TPSA) is 43.4 Å². The van der Waals surface area contributed by atoms with E-state index in [4.69, 9.17) is 16.3 Å². The second-order valence-electron chi connectivity index (χ2n) is 3.11. The molecule has 15 heavy (non-hydrogen) atoms. The van der Waals surface area contributed by atoms with Gasteiger partial charge in [-0.1, -0.05) is 0 Å². The molecule has 0 radical (unpaired) electrons. The van der Waals surface area contributed by atoms with Crippen LogP contribution in [0.15, 0.2) is 18.2 Å². The average Bonchev–Trinajstić information content (AvgIpc) is 2.17. The molecule has 0 N–H and O–H groups in total. The van der Waals surface area contributed by atoms with Crippen molar-refractivity contribution in [2.45, 2.75) is 19.7 Å². The van der Waals surface area contributed by atoms with Crippen LogP contribution in [0.25, 0.3) is 0 Å². The molecular formula is C11H11ClO3. The van der Waals surface area contributed by atoms with Crippen LogP contribution < -0.4 is 4.74 Å². The van der Waals surface area contributed by atoms with Gasteiger partial charge < -0.3 is 4.74 Å². The summed E-state index contributed by atoms with van der Waals surface area (Å²) >= 11 is 5.69. The Balaban J connectivity index is 3.08. The fourth-order valence-corrected chi connectivity index (χ4v) is 1.37. The molecule has 0 bridgehead atoms. The molecule has 0 fully saturated rings. The standard InChI is InChI=1S/C11H11ClO3/c1-7(13)9-3-4-11(15-8(2)14)10(5-9)6-12/h3-5H,6H2,1-2H3. The van der Waals surface area contributed by atoms with Crippen LogP contribution in [0.4, 0.5) is 0 Å². The number of alkyl halides is 1. The molecule has 0 spiro atoms. The smallest absolute Gasteiger partial charge is 0.308 e. The molecule has 0 atom stereocenters. The number of hydrogen-bond donors (Lipinski definition) is 0. The molecule has 0 saturated heterocycles. The van der Waals surface area contributed by atoms with Crippen LogP contribution in [0.5, 0.6) is 5.75 Å². The maximum Gasteiger partial charge on any atom is 0.308 e. The lowest BCUT2D eigenvalue weighted by molar-refractivity contribution is -0.131. The predicted octanol–water partition coefficient (Wildman–Crippen LogP) is 2.55. The third kappa shape index (κ3) is 3.06. The summed E-state index contributed by atoms with van der Waals surface area (Å²) in [6, 6.07) is 4.82. The summed E-state index contributed by atoms with van der Waals surface area (Å²) < 4.78 is 4.94. The number of hydrogen-bond acceptors (Lipinski definition) is 3. The molecule has 1 rings (SSSR count). The highest BCUT2D eigenvalue weighted by molar-refractivity contribution is 6.17. The molecule has 0 aliphatic heterocycles. The molecule has 1 aromatic rings. The number of ether oxygens (including phenoxy) is 1. The molecule has 0 heterocycles. The summed E-state index contributed by atoms with van der Waals surface area (Å²) in [4.78, 5) is 21.9. The molecule has 0 aliphatic carbocycles. The molecule has 3 nitrogen and oxygen atoms in total. The van der Waals surface area contributed by atoms with E-state index < -0.39 is 5.97 Å². The van der Waals surface area contributed by atoms with Gasteiger partial charge in [0, 0.05) is 18.1 Å². The van der Waals surface area contributed by atoms with Gasteiger partial charge in [0.1, 0.15) is 5.75 Å². The van der Waals surface area contributed by atoms with Crippen LogP contribution in [-0.4, -0.2) is 11.8 Å². The highest BCUT2D eigenvalue weighted by Crippen LogP contribution is 2.22. The van der Waals surface area contributed by atoms with E-state index in [0.717, 1.165) is 0 Å². The van der Waals surface area contributed by atoms with Crippen molar-refractivity contribution in [3.8, 4) is 5.75 Å². The monoisotopic (exact) mass is 226 g/mol. The minimum atomic E-state index is -0.406. The second kappa shape index (κ2) is 4.94. The number of ketones is 1. The van der Waals surface area contributed by atoms with Gasteiger partial charge >= 0.3 is 5.97 Å². The van der Waals surface area contributed by atoms with E-state index in [1.807, 2.05) is 0 Å². The first-order valence-corrected chi connectivity index (χ1v) is 4.96. The van der Waals surface area contributed by atoms with Crippen LogP contribution in [0, 0.1) is 0 Å². The lowest BCUT2D eigenvalue weighted by Gasteiger charge is -2.07. The third-order valence-corrected chi connectivity index (χ3v) is 2.15. The maximum absolute atomic E-state index is 11.1. The first-order valence-electron chi connectivity index (χ1n) is 4.43. The highest BCUT2D eigenvalue weighted by Gasteiger charge is 2.08. The van der Waals surface area contributed by atoms with Crippen LogP contribution in [0.2, 0.25) is 0 Å². The highest BCUT2D eigenvalue weighted by atomic mass is 35.5. The fraction of sp³-hybridized carbons (Fsp3) is 0.273. The van der Waals surface area contributed by atoms with Crippen molar-refractivity contribution in [2.24, 2.45) is 0 Å². The van der Waals surface area contributed by atoms with E-state index in [1.165, 1.54) is 13.8 Å². The molecule has 0 aromatic heterocycles. The van der Waals surface area contributed by atoms with Crippen LogP contribution in [-0.2, 0) is 10.7 Å². The maximum atomic E-state index is 11.1. The number of Topliss-reactive ketones (excluding diaryl/α,β-unsaturated/α-hetero) is 1. The molecule has 0 aliphatic rings. The Bertz CT molecular complexity index is 399. The van der Waals surface area contributed by atoms with E-state index in [-0.39, 0.29) is 11.7 Å². The third-order valence-electron chi connectivity index (χ3n) is 1.86. The number of rotatable bonds is 3. The Kier molecular flexibility index (Phi) is 3.86. The number of carbonyl (C=O) groups is 2. The number of esters is 1. The van der Waals surface area contributed by atoms with Gasteiger partial charge in [-0.2, -0.15) is 0 Å². The Hall–Kier alpha value is -1.35. The first-order chi connectivity index (χ1) is 7.04. The van der Waals surface area contributed by atoms with Crippen molar-refractivity contribution < 1.29 is 14.3 Å². The molecule has 1 aromatic carbocycles. The Morgan fingerprint density at radius 2 is 2.00 bits per heavy atom. The minimum Gasteiger partial charge on any atom is -0.426 e. The van der Waals surface area contributed by atoms with Gasteiger partial charge in [0.05, 0.1) is 5.88 Å². The number of carbonyl (C=O) groups excluding carboxylic acids is 2. The van der Waals surface area contributed by atoms with Gasteiger partial charge in [0.15, 0.2) is 5.78 Å². The van der Waals surface area contributed by atoms with E-state index in [1.54, 1.807) is 18.2 Å². The Morgan fingerprint density at radius 3 is 2.47 bits per heavy atom. The van der Waals surface area contributed by atoms with Gasteiger partial charge in [-0.05, 0) is 25.1 Å². The van der Waals surface area contributed by atoms with Crippen molar-refractivity contribution in [3.05, 3.63) is 29.3 Å². The molecule has 80 valence electrons. The molecule has 4 heteroatoms. The van der Waals surface area contributed by atoms with Crippen molar-refractivity contribution in [1.82, 2.24) is 0 Å². The van der Waals surface area contributed by atoms with Crippen LogP contribution >= 0.6 is 11.6 Å². The van der Waals surface area contributed by atoms with Crippen LogP contribution in [0.1, 0.15) is 29.8 Å². The molecule has 0 unspecified atom stereocenters. The lowest BCUT2D eigenvalue weighted by Crippen LogP contribution is -2.04. The SMILES string of the molecule is CC(=O)Oc1ccc(C(C)=O)cc1CCl. The predicted molar refractivity (Wildman–Crippen MR) is 57.3 cm³/mol. The Morgan fingerprint density at radius 1 is 1.33 bits per heavy atom. The molecular weight excluding hydrogens is 216 g/mol. The number of benzene rings is 1. The summed E-state index contributed by atoms with van der Waals surface area (Å²) in [5.41, 5.74) is 1.20. The van der Waals surface area contributed by atoms with Gasteiger partial charge in [0.2, 0.25) is 0 Å². The first kappa shape index (κ1) is 11.7. The van der Waals surface area contributed by atoms with E-state index in [2.05, 4.69) is 0 Å². The van der Waals surface area contributed by atoms with Gasteiger partial charge in [-0.25, -0.2) is 0 Å². The van der Waals surface area contributed by atoms with Gasteiger partial charge in [-0.3, -0.25) is 9.59 Å². The van der Waals surface area contributed by atoms with Gasteiger partial charge in [0.25, 0.3) is 0 Å². The summed E-state index contributed by atoms with van der Waals surface area (Å²) in [5.74, 6) is 0.152. The van der Waals surface area contributed by atoms with E-state index >= 15 is 0 Å². The van der Waals surface area contributed by atoms with E-state index in [0.29, 0.717) is 16.9 Å². The van der Waals surface area contributed by atoms with Crippen LogP contribution in [0.3, 0.4) is 0 Å². The zero-order valence-corrected chi connectivity index (χ0v) is 9.30. The zero-order valence-electron chi connectivity index (χ0n) is 8.54. The minimum absolute atomic E-state index is 0.0456. The molecule has 0 saturated carbocycles. The second-order valence-corrected chi connectivity index (χ2v) is 3.37. The quantitative estimate of drug-likeness (QED) is 0.344. The molecule has 0 amide bonds. The van der Waals surface area contributed by atoms with E-state index in [9.17, 15) is 9.59 Å². The zero-order chi connectivity index (χ0) is 11.4. The Labute approximate surface area is 93.0 Å². The fourth-order valence-electron chi connectivity index (χ4n) is 1.16. The van der Waals surface area contributed by atoms with Crippen molar-refractivity contribution in [2.75, 3.05) is 0 Å². The summed E-state index contributed by atoms with van der Waals surface area (Å²) in [6.07, 6.45) is 0. The largest absolute Gasteiger partial charge is 0.426 e.